The maximum atomic E-state index is 12.4. The van der Waals surface area contributed by atoms with E-state index in [-0.39, 0.29) is 17.7 Å². The van der Waals surface area contributed by atoms with Gasteiger partial charge in [-0.25, -0.2) is 4.79 Å². The van der Waals surface area contributed by atoms with Gasteiger partial charge in [0.15, 0.2) is 0 Å². The number of nitrogens with one attached hydrogen (secondary N) is 1. The molecule has 1 aliphatic rings. The van der Waals surface area contributed by atoms with Crippen molar-refractivity contribution in [1.82, 2.24) is 4.90 Å². The molecule has 5 nitrogen and oxygen atoms in total. The van der Waals surface area contributed by atoms with Crippen molar-refractivity contribution in [3.8, 4) is 5.75 Å². The molecular weight excluding hydrogens is 292 g/mol. The Morgan fingerprint density at radius 3 is 2.81 bits per heavy atom. The lowest BCUT2D eigenvalue weighted by molar-refractivity contribution is -0.116. The zero-order valence-corrected chi connectivity index (χ0v) is 13.5. The lowest BCUT2D eigenvalue weighted by Gasteiger charge is -2.41. The Hall–Kier alpha value is -1.46. The average Bonchev–Trinajstić information content (AvgIpc) is 2.36. The van der Waals surface area contributed by atoms with E-state index in [1.807, 2.05) is 20.8 Å². The monoisotopic (exact) mass is 312 g/mol. The van der Waals surface area contributed by atoms with Crippen molar-refractivity contribution in [2.24, 2.45) is 0 Å². The van der Waals surface area contributed by atoms with E-state index in [2.05, 4.69) is 5.32 Å². The summed E-state index contributed by atoms with van der Waals surface area (Å²) in [4.78, 5) is 14.1. The van der Waals surface area contributed by atoms with Crippen molar-refractivity contribution in [3.05, 3.63) is 23.2 Å². The van der Waals surface area contributed by atoms with Gasteiger partial charge in [-0.05, 0) is 39.0 Å². The first kappa shape index (κ1) is 15.9. The van der Waals surface area contributed by atoms with Crippen LogP contribution in [0.15, 0.2) is 18.2 Å². The molecule has 1 heterocycles. The molecule has 116 valence electrons. The minimum Gasteiger partial charge on any atom is -0.495 e. The van der Waals surface area contributed by atoms with Gasteiger partial charge in [-0.2, -0.15) is 0 Å². The molecule has 1 saturated heterocycles. The van der Waals surface area contributed by atoms with Crippen LogP contribution in [0.5, 0.6) is 5.75 Å². The van der Waals surface area contributed by atoms with Gasteiger partial charge in [0, 0.05) is 12.2 Å². The van der Waals surface area contributed by atoms with Gasteiger partial charge in [0.2, 0.25) is 0 Å². The van der Waals surface area contributed by atoms with Gasteiger partial charge < -0.3 is 19.7 Å². The van der Waals surface area contributed by atoms with Gasteiger partial charge in [-0.3, -0.25) is 0 Å². The molecule has 0 bridgehead atoms. The summed E-state index contributed by atoms with van der Waals surface area (Å²) < 4.78 is 10.9. The largest absolute Gasteiger partial charge is 0.495 e. The van der Waals surface area contributed by atoms with Gasteiger partial charge in [-0.1, -0.05) is 11.6 Å². The summed E-state index contributed by atoms with van der Waals surface area (Å²) in [5.41, 5.74) is 0.301. The number of anilines is 1. The number of amides is 2. The van der Waals surface area contributed by atoms with Crippen molar-refractivity contribution in [1.29, 1.82) is 0 Å². The Morgan fingerprint density at radius 1 is 1.52 bits per heavy atom. The molecular formula is C15H21ClN2O3. The van der Waals surface area contributed by atoms with Crippen molar-refractivity contribution in [2.45, 2.75) is 32.5 Å². The first-order valence-electron chi connectivity index (χ1n) is 6.88. The van der Waals surface area contributed by atoms with Crippen molar-refractivity contribution >= 4 is 23.3 Å². The van der Waals surface area contributed by atoms with Crippen LogP contribution < -0.4 is 10.1 Å². The van der Waals surface area contributed by atoms with E-state index in [0.29, 0.717) is 29.5 Å². The highest BCUT2D eigenvalue weighted by Crippen LogP contribution is 2.28. The van der Waals surface area contributed by atoms with E-state index in [9.17, 15) is 4.79 Å². The molecule has 1 unspecified atom stereocenters. The van der Waals surface area contributed by atoms with Crippen LogP contribution in [0.2, 0.25) is 5.02 Å². The van der Waals surface area contributed by atoms with Crippen LogP contribution >= 0.6 is 11.6 Å². The summed E-state index contributed by atoms with van der Waals surface area (Å²) in [6.45, 7) is 7.04. The van der Waals surface area contributed by atoms with Crippen LogP contribution in [0.4, 0.5) is 10.5 Å². The van der Waals surface area contributed by atoms with E-state index in [1.54, 1.807) is 30.2 Å². The number of hydrogen-bond donors (Lipinski definition) is 1. The molecule has 1 fully saturated rings. The van der Waals surface area contributed by atoms with Crippen LogP contribution in [0.3, 0.4) is 0 Å². The second-order valence-corrected chi connectivity index (χ2v) is 6.26. The number of carbonyl (C=O) groups is 1. The number of ether oxygens (including phenoxy) is 2. The molecule has 2 amide bonds. The van der Waals surface area contributed by atoms with Gasteiger partial charge in [-0.15, -0.1) is 0 Å². The fourth-order valence-electron chi connectivity index (χ4n) is 2.56. The van der Waals surface area contributed by atoms with E-state index in [4.69, 9.17) is 21.1 Å². The zero-order valence-electron chi connectivity index (χ0n) is 12.8. The van der Waals surface area contributed by atoms with E-state index in [0.717, 1.165) is 0 Å². The number of methoxy groups -OCH3 is 1. The highest BCUT2D eigenvalue weighted by molar-refractivity contribution is 6.32. The van der Waals surface area contributed by atoms with Crippen LogP contribution in [0, 0.1) is 0 Å². The quantitative estimate of drug-likeness (QED) is 0.910. The van der Waals surface area contributed by atoms with Crippen molar-refractivity contribution < 1.29 is 14.3 Å². The minimum absolute atomic E-state index is 0.0129. The smallest absolute Gasteiger partial charge is 0.322 e. The maximum Gasteiger partial charge on any atom is 0.322 e. The minimum atomic E-state index is -0.341. The fraction of sp³-hybridized carbons (Fsp3) is 0.533. The highest BCUT2D eigenvalue weighted by Gasteiger charge is 2.33. The Kier molecular flexibility index (Phi) is 4.64. The van der Waals surface area contributed by atoms with E-state index < -0.39 is 0 Å². The van der Waals surface area contributed by atoms with Gasteiger partial charge in [0.25, 0.3) is 0 Å². The Bertz CT molecular complexity index is 534. The molecule has 1 aromatic rings. The molecule has 0 aliphatic carbocycles. The summed E-state index contributed by atoms with van der Waals surface area (Å²) in [5.74, 6) is 0.579. The second-order valence-electron chi connectivity index (χ2n) is 5.85. The molecule has 1 aromatic carbocycles. The Morgan fingerprint density at radius 2 is 2.24 bits per heavy atom. The molecule has 21 heavy (non-hydrogen) atoms. The summed E-state index contributed by atoms with van der Waals surface area (Å²) in [5, 5.41) is 3.32. The Labute approximate surface area is 130 Å². The number of morpholine rings is 1. The van der Waals surface area contributed by atoms with E-state index in [1.165, 1.54) is 0 Å². The summed E-state index contributed by atoms with van der Waals surface area (Å²) in [6, 6.07) is 5.01. The summed E-state index contributed by atoms with van der Waals surface area (Å²) in [7, 11) is 1.55. The first-order valence-corrected chi connectivity index (χ1v) is 7.26. The molecule has 1 N–H and O–H groups in total. The number of halogens is 1. The van der Waals surface area contributed by atoms with Crippen LogP contribution in [0.1, 0.15) is 20.8 Å². The van der Waals surface area contributed by atoms with Gasteiger partial charge >= 0.3 is 6.03 Å². The normalized spacial score (nSPS) is 21.0. The third-order valence-corrected chi connectivity index (χ3v) is 3.56. The number of urea groups is 1. The van der Waals surface area contributed by atoms with Crippen LogP contribution in [-0.2, 0) is 4.74 Å². The predicted molar refractivity (Wildman–Crippen MR) is 83.2 cm³/mol. The molecule has 6 heteroatoms. The van der Waals surface area contributed by atoms with E-state index >= 15 is 0 Å². The molecule has 0 spiro atoms. The molecule has 0 saturated carbocycles. The summed E-state index contributed by atoms with van der Waals surface area (Å²) in [6.07, 6.45) is 0.0129. The standard InChI is InChI=1S/C15H21ClN2O3/c1-10-8-18(9-15(2,3)21-10)14(19)17-11-5-6-13(20-4)12(16)7-11/h5-7,10H,8-9H2,1-4H3,(H,17,19). The zero-order chi connectivity index (χ0) is 15.6. The van der Waals surface area contributed by atoms with Gasteiger partial charge in [0.1, 0.15) is 5.75 Å². The Balaban J connectivity index is 2.05. The molecule has 0 aromatic heterocycles. The maximum absolute atomic E-state index is 12.4. The average molecular weight is 313 g/mol. The molecule has 0 radical (unpaired) electrons. The number of benzene rings is 1. The third-order valence-electron chi connectivity index (χ3n) is 3.26. The van der Waals surface area contributed by atoms with Crippen LogP contribution in [0.25, 0.3) is 0 Å². The number of carbonyl (C=O) groups excluding carboxylic acids is 1. The number of nitrogens with zero attached hydrogens (tertiary/aromatic N) is 1. The topological polar surface area (TPSA) is 50.8 Å². The lowest BCUT2D eigenvalue weighted by atomic mass is 10.1. The molecule has 1 aliphatic heterocycles. The molecule has 1 atom stereocenters. The van der Waals surface area contributed by atoms with Crippen molar-refractivity contribution in [3.63, 3.8) is 0 Å². The lowest BCUT2D eigenvalue weighted by Crippen LogP contribution is -2.54. The van der Waals surface area contributed by atoms with Crippen molar-refractivity contribution in [2.75, 3.05) is 25.5 Å². The first-order chi connectivity index (χ1) is 9.80. The number of hydrogen-bond acceptors (Lipinski definition) is 3. The summed E-state index contributed by atoms with van der Waals surface area (Å²) >= 11 is 6.06. The fourth-order valence-corrected chi connectivity index (χ4v) is 2.81. The van der Waals surface area contributed by atoms with Crippen LogP contribution in [-0.4, -0.2) is 42.8 Å². The SMILES string of the molecule is COc1ccc(NC(=O)N2CC(C)OC(C)(C)C2)cc1Cl. The van der Waals surface area contributed by atoms with Gasteiger partial charge in [0.05, 0.1) is 30.4 Å². The second kappa shape index (κ2) is 6.12. The number of rotatable bonds is 2. The third kappa shape index (κ3) is 4.02. The molecule has 2 rings (SSSR count). The highest BCUT2D eigenvalue weighted by atomic mass is 35.5. The predicted octanol–water partition coefficient (Wildman–Crippen LogP) is 3.38.